The van der Waals surface area contributed by atoms with E-state index in [1.807, 2.05) is 90.5 Å². The van der Waals surface area contributed by atoms with Crippen molar-refractivity contribution < 1.29 is 4.74 Å². The van der Waals surface area contributed by atoms with Crippen molar-refractivity contribution in [1.29, 1.82) is 0 Å². The summed E-state index contributed by atoms with van der Waals surface area (Å²) in [5.41, 5.74) is 3.26. The number of aromatic nitrogens is 3. The van der Waals surface area contributed by atoms with E-state index in [2.05, 4.69) is 0 Å². The molecule has 0 radical (unpaired) electrons. The maximum atomic E-state index is 13.7. The summed E-state index contributed by atoms with van der Waals surface area (Å²) in [7, 11) is 3.47. The third-order valence-electron chi connectivity index (χ3n) is 5.93. The van der Waals surface area contributed by atoms with Gasteiger partial charge in [-0.05, 0) is 29.3 Å². The molecular formula is C26H23N3O3. The monoisotopic (exact) mass is 425 g/mol. The zero-order valence-corrected chi connectivity index (χ0v) is 18.0. The average molecular weight is 425 g/mol. The highest BCUT2D eigenvalue weighted by Crippen LogP contribution is 2.29. The first-order valence-electron chi connectivity index (χ1n) is 10.5. The number of ether oxygens (including phenoxy) is 1. The lowest BCUT2D eigenvalue weighted by Crippen LogP contribution is -2.40. The van der Waals surface area contributed by atoms with Crippen LogP contribution in [0.15, 0.2) is 88.5 Å². The second kappa shape index (κ2) is 7.89. The van der Waals surface area contributed by atoms with E-state index in [0.29, 0.717) is 23.3 Å². The van der Waals surface area contributed by atoms with Gasteiger partial charge < -0.3 is 9.30 Å². The van der Waals surface area contributed by atoms with E-state index in [-0.39, 0.29) is 17.8 Å². The first-order chi connectivity index (χ1) is 15.6. The second-order valence-electron chi connectivity index (χ2n) is 7.87. The molecule has 0 saturated carbocycles. The molecular weight excluding hydrogens is 402 g/mol. The predicted octanol–water partition coefficient (Wildman–Crippen LogP) is 3.76. The minimum atomic E-state index is -0.328. The zero-order chi connectivity index (χ0) is 22.2. The molecule has 0 fully saturated rings. The Morgan fingerprint density at radius 1 is 0.750 bits per heavy atom. The fraction of sp³-hybridized carbons (Fsp3) is 0.154. The third kappa shape index (κ3) is 3.21. The van der Waals surface area contributed by atoms with Crippen molar-refractivity contribution in [2.45, 2.75) is 13.1 Å². The van der Waals surface area contributed by atoms with Gasteiger partial charge in [-0.25, -0.2) is 4.79 Å². The number of aryl methyl sites for hydroxylation is 1. The maximum Gasteiger partial charge on any atom is 0.332 e. The Morgan fingerprint density at radius 2 is 1.34 bits per heavy atom. The lowest BCUT2D eigenvalue weighted by Gasteiger charge is -2.13. The van der Waals surface area contributed by atoms with Crippen molar-refractivity contribution in [2.24, 2.45) is 7.05 Å². The summed E-state index contributed by atoms with van der Waals surface area (Å²) in [5.74, 6) is 0.678. The Morgan fingerprint density at radius 3 is 1.94 bits per heavy atom. The quantitative estimate of drug-likeness (QED) is 0.431. The summed E-state index contributed by atoms with van der Waals surface area (Å²) >= 11 is 0. The van der Waals surface area contributed by atoms with Crippen LogP contribution in [0.2, 0.25) is 0 Å². The van der Waals surface area contributed by atoms with Crippen LogP contribution < -0.4 is 16.0 Å². The van der Waals surface area contributed by atoms with E-state index in [1.54, 1.807) is 11.7 Å². The standard InChI is InChI=1S/C26H23N3O3/c1-27-22-14-13-20(32-2)15-21(22)23-24(27)25(30)29(17-19-11-7-4-8-12-19)26(31)28(23)16-18-9-5-3-6-10-18/h3-15H,16-17H2,1-2H3. The summed E-state index contributed by atoms with van der Waals surface area (Å²) in [6, 6.07) is 25.1. The molecule has 5 aromatic rings. The van der Waals surface area contributed by atoms with Crippen LogP contribution in [0.3, 0.4) is 0 Å². The minimum absolute atomic E-state index is 0.216. The summed E-state index contributed by atoms with van der Waals surface area (Å²) < 4.78 is 10.3. The van der Waals surface area contributed by atoms with Gasteiger partial charge in [-0.3, -0.25) is 13.9 Å². The Bertz CT molecular complexity index is 1540. The van der Waals surface area contributed by atoms with Crippen LogP contribution in [0.5, 0.6) is 5.75 Å². The molecule has 160 valence electrons. The van der Waals surface area contributed by atoms with Gasteiger partial charge in [-0.1, -0.05) is 60.7 Å². The number of hydrogen-bond acceptors (Lipinski definition) is 3. The zero-order valence-electron chi connectivity index (χ0n) is 18.0. The average Bonchev–Trinajstić information content (AvgIpc) is 3.12. The van der Waals surface area contributed by atoms with Crippen molar-refractivity contribution in [3.05, 3.63) is 111 Å². The first-order valence-corrected chi connectivity index (χ1v) is 10.5. The van der Waals surface area contributed by atoms with E-state index < -0.39 is 0 Å². The SMILES string of the molecule is COc1ccc2c(c1)c1c(c(=O)n(Cc3ccccc3)c(=O)n1Cc1ccccc1)n2C. The highest BCUT2D eigenvalue weighted by Gasteiger charge is 2.21. The Hall–Kier alpha value is -4.06. The molecule has 6 heteroatoms. The van der Waals surface area contributed by atoms with Crippen molar-refractivity contribution >= 4 is 21.9 Å². The molecule has 2 heterocycles. The van der Waals surface area contributed by atoms with Crippen LogP contribution in [-0.4, -0.2) is 20.8 Å². The van der Waals surface area contributed by atoms with Gasteiger partial charge in [-0.2, -0.15) is 0 Å². The fourth-order valence-corrected chi connectivity index (χ4v) is 4.32. The lowest BCUT2D eigenvalue weighted by atomic mass is 10.2. The van der Waals surface area contributed by atoms with Crippen molar-refractivity contribution in [1.82, 2.24) is 13.7 Å². The van der Waals surface area contributed by atoms with Crippen LogP contribution >= 0.6 is 0 Å². The Kier molecular flexibility index (Phi) is 4.90. The molecule has 0 unspecified atom stereocenters. The topological polar surface area (TPSA) is 58.2 Å². The van der Waals surface area contributed by atoms with Gasteiger partial charge in [0.2, 0.25) is 0 Å². The normalized spacial score (nSPS) is 11.3. The minimum Gasteiger partial charge on any atom is -0.497 e. The molecule has 6 nitrogen and oxygen atoms in total. The van der Waals surface area contributed by atoms with Crippen LogP contribution in [0.4, 0.5) is 0 Å². The van der Waals surface area contributed by atoms with Crippen molar-refractivity contribution in [3.63, 3.8) is 0 Å². The highest BCUT2D eigenvalue weighted by molar-refractivity contribution is 6.06. The molecule has 2 aromatic heterocycles. The number of hydrogen-bond donors (Lipinski definition) is 0. The highest BCUT2D eigenvalue weighted by atomic mass is 16.5. The molecule has 3 aromatic carbocycles. The summed E-state index contributed by atoms with van der Waals surface area (Å²) in [6.07, 6.45) is 0. The fourth-order valence-electron chi connectivity index (χ4n) is 4.32. The maximum absolute atomic E-state index is 13.7. The number of fused-ring (bicyclic) bond motifs is 3. The van der Waals surface area contributed by atoms with Gasteiger partial charge in [0.1, 0.15) is 11.3 Å². The lowest BCUT2D eigenvalue weighted by molar-refractivity contribution is 0.415. The van der Waals surface area contributed by atoms with Crippen molar-refractivity contribution in [2.75, 3.05) is 7.11 Å². The van der Waals surface area contributed by atoms with E-state index in [9.17, 15) is 9.59 Å². The molecule has 5 rings (SSSR count). The van der Waals surface area contributed by atoms with Crippen LogP contribution in [0.25, 0.3) is 21.9 Å². The number of benzene rings is 3. The van der Waals surface area contributed by atoms with Crippen LogP contribution in [0, 0.1) is 0 Å². The van der Waals surface area contributed by atoms with E-state index in [1.165, 1.54) is 4.57 Å². The van der Waals surface area contributed by atoms with Gasteiger partial charge in [-0.15, -0.1) is 0 Å². The summed E-state index contributed by atoms with van der Waals surface area (Å²) in [6.45, 7) is 0.579. The largest absolute Gasteiger partial charge is 0.497 e. The number of rotatable bonds is 5. The third-order valence-corrected chi connectivity index (χ3v) is 5.93. The van der Waals surface area contributed by atoms with E-state index in [4.69, 9.17) is 4.74 Å². The van der Waals surface area contributed by atoms with Crippen LogP contribution in [-0.2, 0) is 20.1 Å². The van der Waals surface area contributed by atoms with E-state index in [0.717, 1.165) is 22.0 Å². The number of methoxy groups -OCH3 is 1. The molecule has 32 heavy (non-hydrogen) atoms. The summed E-state index contributed by atoms with van der Waals surface area (Å²) in [5, 5.41) is 0.818. The van der Waals surface area contributed by atoms with Gasteiger partial charge in [0, 0.05) is 12.4 Å². The number of nitrogens with zero attached hydrogens (tertiary/aromatic N) is 3. The molecule has 0 spiro atoms. The van der Waals surface area contributed by atoms with Crippen molar-refractivity contribution in [3.8, 4) is 5.75 Å². The summed E-state index contributed by atoms with van der Waals surface area (Å²) in [4.78, 5) is 27.3. The second-order valence-corrected chi connectivity index (χ2v) is 7.87. The Labute approximate surface area is 184 Å². The molecule has 0 aliphatic rings. The first kappa shape index (κ1) is 19.9. The van der Waals surface area contributed by atoms with Gasteiger partial charge in [0.15, 0.2) is 0 Å². The van der Waals surface area contributed by atoms with Crippen LogP contribution in [0.1, 0.15) is 11.1 Å². The smallest absolute Gasteiger partial charge is 0.332 e. The molecule has 0 aliphatic heterocycles. The van der Waals surface area contributed by atoms with Gasteiger partial charge in [0.25, 0.3) is 5.56 Å². The van der Waals surface area contributed by atoms with E-state index >= 15 is 0 Å². The molecule has 0 aliphatic carbocycles. The molecule has 0 bridgehead atoms. The molecule has 0 amide bonds. The predicted molar refractivity (Wildman–Crippen MR) is 127 cm³/mol. The molecule has 0 N–H and O–H groups in total. The van der Waals surface area contributed by atoms with Gasteiger partial charge >= 0.3 is 5.69 Å². The van der Waals surface area contributed by atoms with Gasteiger partial charge in [0.05, 0.1) is 31.2 Å². The Balaban J connectivity index is 1.87. The molecule has 0 atom stereocenters. The molecule has 0 saturated heterocycles.